The number of carboxylic acids is 1. The van der Waals surface area contributed by atoms with Gasteiger partial charge >= 0.3 is 5.97 Å². The van der Waals surface area contributed by atoms with Crippen LogP contribution in [0, 0.1) is 5.92 Å². The Morgan fingerprint density at radius 1 is 1.33 bits per heavy atom. The summed E-state index contributed by atoms with van der Waals surface area (Å²) in [4.78, 5) is 23.7. The molecule has 2 atom stereocenters. The minimum absolute atomic E-state index is 0.0160. The molecule has 0 aromatic heterocycles. The predicted octanol–water partition coefficient (Wildman–Crippen LogP) is 2.48. The number of carbonyl (C=O) groups is 2. The first-order valence-corrected chi connectivity index (χ1v) is 10.8. The van der Waals surface area contributed by atoms with Gasteiger partial charge in [0.2, 0.25) is 10.0 Å². The van der Waals surface area contributed by atoms with Crippen molar-refractivity contribution in [3.8, 4) is 0 Å². The van der Waals surface area contributed by atoms with Crippen molar-refractivity contribution >= 4 is 21.9 Å². The molecule has 0 bridgehead atoms. The molecule has 2 N–H and O–H groups in total. The first kappa shape index (κ1) is 21.4. The Morgan fingerprint density at radius 2 is 2.07 bits per heavy atom. The summed E-state index contributed by atoms with van der Waals surface area (Å²) in [6, 6.07) is 5.86. The number of hydrogen-bond donors (Lipinski definition) is 2. The third-order valence-electron chi connectivity index (χ3n) is 4.94. The van der Waals surface area contributed by atoms with Crippen LogP contribution in [0.4, 0.5) is 0 Å². The van der Waals surface area contributed by atoms with Crippen LogP contribution in [0.3, 0.4) is 0 Å². The molecular formula is C19H28N2O5S. The minimum atomic E-state index is -3.66. The number of piperidine rings is 1. The number of nitrogens with one attached hydrogen (secondary N) is 1. The number of aliphatic carboxylic acids is 1. The van der Waals surface area contributed by atoms with E-state index in [2.05, 4.69) is 5.32 Å². The lowest BCUT2D eigenvalue weighted by atomic mass is 10.0. The number of nitrogens with zero attached hydrogens (tertiary/aromatic N) is 1. The molecule has 1 amide bonds. The van der Waals surface area contributed by atoms with Crippen LogP contribution in [0.5, 0.6) is 0 Å². The maximum atomic E-state index is 12.9. The molecule has 7 nitrogen and oxygen atoms in total. The van der Waals surface area contributed by atoms with Crippen molar-refractivity contribution in [1.29, 1.82) is 0 Å². The molecule has 1 aromatic rings. The average Bonchev–Trinajstić information content (AvgIpc) is 2.65. The molecule has 0 radical (unpaired) electrons. The number of sulfonamides is 1. The van der Waals surface area contributed by atoms with Crippen molar-refractivity contribution in [2.45, 2.75) is 56.9 Å². The number of carboxylic acid groups (broad SMARTS) is 1. The van der Waals surface area contributed by atoms with E-state index in [0.29, 0.717) is 19.4 Å². The molecule has 1 aliphatic heterocycles. The molecule has 8 heteroatoms. The van der Waals surface area contributed by atoms with Crippen LogP contribution in [0.25, 0.3) is 0 Å². The van der Waals surface area contributed by atoms with E-state index in [1.165, 1.54) is 28.6 Å². The highest BCUT2D eigenvalue weighted by atomic mass is 32.2. The van der Waals surface area contributed by atoms with Crippen molar-refractivity contribution in [2.24, 2.45) is 5.92 Å². The van der Waals surface area contributed by atoms with Gasteiger partial charge in [-0.3, -0.25) is 9.59 Å². The monoisotopic (exact) mass is 396 g/mol. The zero-order valence-corrected chi connectivity index (χ0v) is 16.7. The van der Waals surface area contributed by atoms with Crippen LogP contribution in [0.2, 0.25) is 0 Å². The number of carbonyl (C=O) groups excluding carboxylic acids is 1. The van der Waals surface area contributed by atoms with Gasteiger partial charge in [-0.1, -0.05) is 25.8 Å². The van der Waals surface area contributed by atoms with E-state index < -0.39 is 27.8 Å². The van der Waals surface area contributed by atoms with Crippen molar-refractivity contribution in [2.75, 3.05) is 13.1 Å². The molecular weight excluding hydrogens is 368 g/mol. The molecule has 1 fully saturated rings. The number of hydrogen-bond acceptors (Lipinski definition) is 4. The number of amides is 1. The second-order valence-electron chi connectivity index (χ2n) is 7.02. The molecule has 2 unspecified atom stereocenters. The summed E-state index contributed by atoms with van der Waals surface area (Å²) < 4.78 is 27.4. The van der Waals surface area contributed by atoms with Gasteiger partial charge < -0.3 is 10.4 Å². The lowest BCUT2D eigenvalue weighted by Gasteiger charge is -2.32. The van der Waals surface area contributed by atoms with Gasteiger partial charge in [0.1, 0.15) is 0 Å². The van der Waals surface area contributed by atoms with E-state index in [0.717, 1.165) is 19.3 Å². The number of rotatable bonds is 8. The van der Waals surface area contributed by atoms with Gasteiger partial charge in [-0.2, -0.15) is 4.31 Å². The summed E-state index contributed by atoms with van der Waals surface area (Å²) in [7, 11) is -3.66. The maximum Gasteiger partial charge on any atom is 0.308 e. The van der Waals surface area contributed by atoms with Gasteiger partial charge in [-0.05, 0) is 44.4 Å². The third kappa shape index (κ3) is 5.29. The predicted molar refractivity (Wildman–Crippen MR) is 102 cm³/mol. The highest BCUT2D eigenvalue weighted by molar-refractivity contribution is 7.89. The largest absolute Gasteiger partial charge is 0.481 e. The molecule has 0 spiro atoms. The first-order valence-electron chi connectivity index (χ1n) is 9.40. The average molecular weight is 397 g/mol. The Kier molecular flexibility index (Phi) is 7.38. The van der Waals surface area contributed by atoms with Gasteiger partial charge in [0.05, 0.1) is 10.8 Å². The molecule has 1 heterocycles. The van der Waals surface area contributed by atoms with Crippen LogP contribution in [0.15, 0.2) is 29.2 Å². The molecule has 0 saturated carbocycles. The zero-order valence-electron chi connectivity index (χ0n) is 15.8. The number of benzene rings is 1. The quantitative estimate of drug-likeness (QED) is 0.702. The van der Waals surface area contributed by atoms with Crippen LogP contribution in [0.1, 0.15) is 56.3 Å². The summed E-state index contributed by atoms with van der Waals surface area (Å²) >= 11 is 0. The second-order valence-corrected chi connectivity index (χ2v) is 8.91. The van der Waals surface area contributed by atoms with Crippen LogP contribution in [-0.2, 0) is 14.8 Å². The van der Waals surface area contributed by atoms with Gasteiger partial charge in [0.15, 0.2) is 0 Å². The van der Waals surface area contributed by atoms with Crippen molar-refractivity contribution in [3.05, 3.63) is 29.8 Å². The second kappa shape index (κ2) is 9.32. The minimum Gasteiger partial charge on any atom is -0.481 e. The molecule has 150 valence electrons. The Balaban J connectivity index is 2.14. The third-order valence-corrected chi connectivity index (χ3v) is 6.95. The van der Waals surface area contributed by atoms with Gasteiger partial charge in [0.25, 0.3) is 5.91 Å². The smallest absolute Gasteiger partial charge is 0.308 e. The molecule has 0 aliphatic carbocycles. The summed E-state index contributed by atoms with van der Waals surface area (Å²) in [6.45, 7) is 4.28. The van der Waals surface area contributed by atoms with Crippen LogP contribution >= 0.6 is 0 Å². The van der Waals surface area contributed by atoms with E-state index in [4.69, 9.17) is 0 Å². The first-order chi connectivity index (χ1) is 12.8. The van der Waals surface area contributed by atoms with E-state index in [-0.39, 0.29) is 23.0 Å². The molecule has 1 aromatic carbocycles. The Hall–Kier alpha value is -1.93. The van der Waals surface area contributed by atoms with Gasteiger partial charge in [-0.25, -0.2) is 8.42 Å². The van der Waals surface area contributed by atoms with E-state index >= 15 is 0 Å². The standard InChI is InChI=1S/C19H28N2O5S/c1-3-7-16(19(23)24)13-20-18(22)15-9-6-10-17(12-15)27(25,26)21-11-5-4-8-14(21)2/h6,9-10,12,14,16H,3-5,7-8,11,13H2,1-2H3,(H,20,22)(H,23,24). The molecule has 1 aliphatic rings. The van der Waals surface area contributed by atoms with Crippen molar-refractivity contribution in [3.63, 3.8) is 0 Å². The Bertz CT molecular complexity index is 778. The summed E-state index contributed by atoms with van der Waals surface area (Å²) in [5.74, 6) is -2.08. The summed E-state index contributed by atoms with van der Waals surface area (Å²) in [6.07, 6.45) is 3.84. The van der Waals surface area contributed by atoms with Gasteiger partial charge in [-0.15, -0.1) is 0 Å². The molecule has 27 heavy (non-hydrogen) atoms. The van der Waals surface area contributed by atoms with E-state index in [1.807, 2.05) is 13.8 Å². The lowest BCUT2D eigenvalue weighted by Crippen LogP contribution is -2.42. The van der Waals surface area contributed by atoms with Crippen molar-refractivity contribution < 1.29 is 23.1 Å². The van der Waals surface area contributed by atoms with Gasteiger partial charge in [0, 0.05) is 24.7 Å². The Labute approximate surface area is 160 Å². The summed E-state index contributed by atoms with van der Waals surface area (Å²) in [5.41, 5.74) is 0.210. The fourth-order valence-corrected chi connectivity index (χ4v) is 5.09. The topological polar surface area (TPSA) is 104 Å². The van der Waals surface area contributed by atoms with Crippen molar-refractivity contribution in [1.82, 2.24) is 9.62 Å². The highest BCUT2D eigenvalue weighted by Gasteiger charge is 2.31. The fraction of sp³-hybridized carbons (Fsp3) is 0.579. The van der Waals surface area contributed by atoms with Crippen LogP contribution < -0.4 is 5.32 Å². The molecule has 1 saturated heterocycles. The highest BCUT2D eigenvalue weighted by Crippen LogP contribution is 2.25. The summed E-state index contributed by atoms with van der Waals surface area (Å²) in [5, 5.41) is 11.8. The normalized spacial score (nSPS) is 19.4. The van der Waals surface area contributed by atoms with E-state index in [9.17, 15) is 23.1 Å². The molecule has 2 rings (SSSR count). The fourth-order valence-electron chi connectivity index (χ4n) is 3.34. The zero-order chi connectivity index (χ0) is 20.0. The van der Waals surface area contributed by atoms with E-state index in [1.54, 1.807) is 0 Å². The maximum absolute atomic E-state index is 12.9. The lowest BCUT2D eigenvalue weighted by molar-refractivity contribution is -0.141. The Morgan fingerprint density at radius 3 is 2.70 bits per heavy atom. The van der Waals surface area contributed by atoms with Crippen LogP contribution in [-0.4, -0.2) is 48.8 Å². The SMILES string of the molecule is CCCC(CNC(=O)c1cccc(S(=O)(=O)N2CCCCC2C)c1)C(=O)O.